The molecule has 7 nitrogen and oxygen atoms in total. The fourth-order valence-electron chi connectivity index (χ4n) is 2.88. The molecular formula is C20H25ClN2O5S. The molecule has 0 aliphatic carbocycles. The number of hydrogen-bond acceptors (Lipinski definition) is 5. The largest absolute Gasteiger partial charge is 0.495 e. The Labute approximate surface area is 176 Å². The van der Waals surface area contributed by atoms with Crippen molar-refractivity contribution in [1.82, 2.24) is 0 Å². The van der Waals surface area contributed by atoms with Gasteiger partial charge in [0.1, 0.15) is 17.5 Å². The lowest BCUT2D eigenvalue weighted by Gasteiger charge is -2.28. The molecule has 2 aromatic rings. The molecule has 0 spiro atoms. The second kappa shape index (κ2) is 9.37. The van der Waals surface area contributed by atoms with Gasteiger partial charge in [0.15, 0.2) is 0 Å². The van der Waals surface area contributed by atoms with Gasteiger partial charge < -0.3 is 14.8 Å². The number of sulfonamides is 1. The predicted molar refractivity (Wildman–Crippen MR) is 116 cm³/mol. The van der Waals surface area contributed by atoms with Gasteiger partial charge in [0.2, 0.25) is 15.9 Å². The van der Waals surface area contributed by atoms with E-state index in [0.29, 0.717) is 27.9 Å². The van der Waals surface area contributed by atoms with Gasteiger partial charge in [-0.1, -0.05) is 30.7 Å². The van der Waals surface area contributed by atoms with Gasteiger partial charge in [0.25, 0.3) is 0 Å². The molecule has 0 saturated heterocycles. The smallest absolute Gasteiger partial charge is 0.248 e. The van der Waals surface area contributed by atoms with Gasteiger partial charge in [-0.25, -0.2) is 8.42 Å². The van der Waals surface area contributed by atoms with Crippen LogP contribution in [0.2, 0.25) is 5.02 Å². The fraction of sp³-hybridized carbons (Fsp3) is 0.350. The number of carbonyl (C=O) groups is 1. The molecule has 1 amide bonds. The molecule has 9 heteroatoms. The molecule has 0 radical (unpaired) electrons. The zero-order valence-electron chi connectivity index (χ0n) is 17.0. The summed E-state index contributed by atoms with van der Waals surface area (Å²) in [5, 5.41) is 3.02. The summed E-state index contributed by atoms with van der Waals surface area (Å²) in [4.78, 5) is 12.9. The summed E-state index contributed by atoms with van der Waals surface area (Å²) in [5.41, 5.74) is 1.80. The molecular weight excluding hydrogens is 416 g/mol. The number of anilines is 2. The molecule has 0 fully saturated rings. The van der Waals surface area contributed by atoms with Gasteiger partial charge in [-0.2, -0.15) is 0 Å². The van der Waals surface area contributed by atoms with Crippen LogP contribution < -0.4 is 19.1 Å². The van der Waals surface area contributed by atoms with E-state index in [1.807, 2.05) is 19.1 Å². The zero-order valence-corrected chi connectivity index (χ0v) is 18.6. The monoisotopic (exact) mass is 440 g/mol. The number of methoxy groups -OCH3 is 2. The van der Waals surface area contributed by atoms with E-state index in [1.54, 1.807) is 12.1 Å². The minimum Gasteiger partial charge on any atom is -0.495 e. The lowest BCUT2D eigenvalue weighted by atomic mass is 10.1. The molecule has 2 aromatic carbocycles. The van der Waals surface area contributed by atoms with Crippen LogP contribution in [0.5, 0.6) is 11.5 Å². The van der Waals surface area contributed by atoms with E-state index in [4.69, 9.17) is 21.1 Å². The molecule has 0 bridgehead atoms. The van der Waals surface area contributed by atoms with Crippen LogP contribution in [0.1, 0.15) is 19.4 Å². The van der Waals surface area contributed by atoms with Crippen molar-refractivity contribution >= 4 is 38.9 Å². The van der Waals surface area contributed by atoms with E-state index >= 15 is 0 Å². The van der Waals surface area contributed by atoms with Crippen LogP contribution in [-0.4, -0.2) is 40.8 Å². The zero-order chi connectivity index (χ0) is 21.8. The van der Waals surface area contributed by atoms with Crippen LogP contribution in [0.4, 0.5) is 11.4 Å². The van der Waals surface area contributed by atoms with Gasteiger partial charge >= 0.3 is 0 Å². The topological polar surface area (TPSA) is 84.9 Å². The Hall–Kier alpha value is -2.45. The number of rotatable bonds is 8. The molecule has 0 aliphatic rings. The van der Waals surface area contributed by atoms with Crippen LogP contribution in [0.3, 0.4) is 0 Å². The molecule has 0 heterocycles. The van der Waals surface area contributed by atoms with Crippen LogP contribution in [0.25, 0.3) is 0 Å². The van der Waals surface area contributed by atoms with Crippen molar-refractivity contribution in [2.24, 2.45) is 0 Å². The van der Waals surface area contributed by atoms with Crippen molar-refractivity contribution in [3.63, 3.8) is 0 Å². The lowest BCUT2D eigenvalue weighted by molar-refractivity contribution is -0.116. The average molecular weight is 441 g/mol. The molecule has 2 rings (SSSR count). The van der Waals surface area contributed by atoms with Gasteiger partial charge in [0, 0.05) is 12.1 Å². The molecule has 158 valence electrons. The van der Waals surface area contributed by atoms with E-state index in [1.165, 1.54) is 33.3 Å². The highest BCUT2D eigenvalue weighted by Gasteiger charge is 2.29. The molecule has 0 aromatic heterocycles. The Morgan fingerprint density at radius 1 is 1.14 bits per heavy atom. The lowest BCUT2D eigenvalue weighted by Crippen LogP contribution is -2.45. The summed E-state index contributed by atoms with van der Waals surface area (Å²) < 4.78 is 36.4. The number of aryl methyl sites for hydroxylation is 1. The van der Waals surface area contributed by atoms with Crippen LogP contribution in [0, 0.1) is 0 Å². The highest BCUT2D eigenvalue weighted by Crippen LogP contribution is 2.36. The number of carbonyl (C=O) groups excluding carboxylic acids is 1. The van der Waals surface area contributed by atoms with Crippen molar-refractivity contribution in [1.29, 1.82) is 0 Å². The number of halogens is 1. The first-order valence-corrected chi connectivity index (χ1v) is 11.2. The minimum atomic E-state index is -3.71. The number of ether oxygens (including phenoxy) is 2. The first-order chi connectivity index (χ1) is 13.6. The van der Waals surface area contributed by atoms with E-state index in [0.717, 1.165) is 22.5 Å². The van der Waals surface area contributed by atoms with E-state index in [9.17, 15) is 13.2 Å². The second-order valence-corrected chi connectivity index (χ2v) is 8.70. The summed E-state index contributed by atoms with van der Waals surface area (Å²) in [5.74, 6) is 0.151. The summed E-state index contributed by atoms with van der Waals surface area (Å²) in [7, 11) is -0.822. The SMILES string of the molecule is CCc1ccc(N([C@@H](C)C(=O)Nc2cc(OC)c(Cl)cc2OC)S(C)(=O)=O)cc1. The second-order valence-electron chi connectivity index (χ2n) is 6.43. The Morgan fingerprint density at radius 2 is 1.72 bits per heavy atom. The Bertz CT molecular complexity index is 977. The fourth-order valence-corrected chi connectivity index (χ4v) is 4.29. The molecule has 0 unspecified atom stereocenters. The first kappa shape index (κ1) is 22.8. The predicted octanol–water partition coefficient (Wildman–Crippen LogP) is 3.71. The van der Waals surface area contributed by atoms with Crippen LogP contribution in [-0.2, 0) is 21.2 Å². The maximum absolute atomic E-state index is 12.9. The molecule has 1 N–H and O–H groups in total. The molecule has 29 heavy (non-hydrogen) atoms. The van der Waals surface area contributed by atoms with Crippen LogP contribution >= 0.6 is 11.6 Å². The van der Waals surface area contributed by atoms with Crippen molar-refractivity contribution in [3.05, 3.63) is 47.0 Å². The number of benzene rings is 2. The number of hydrogen-bond donors (Lipinski definition) is 1. The summed E-state index contributed by atoms with van der Waals surface area (Å²) in [6, 6.07) is 9.08. The van der Waals surface area contributed by atoms with Crippen molar-refractivity contribution in [2.45, 2.75) is 26.3 Å². The maximum atomic E-state index is 12.9. The average Bonchev–Trinajstić information content (AvgIpc) is 2.68. The van der Waals surface area contributed by atoms with Gasteiger partial charge in [-0.3, -0.25) is 9.10 Å². The number of nitrogens with one attached hydrogen (secondary N) is 1. The minimum absolute atomic E-state index is 0.320. The third-order valence-electron chi connectivity index (χ3n) is 4.42. The van der Waals surface area contributed by atoms with Crippen LogP contribution in [0.15, 0.2) is 36.4 Å². The van der Waals surface area contributed by atoms with Gasteiger partial charge in [-0.05, 0) is 31.0 Å². The third-order valence-corrected chi connectivity index (χ3v) is 5.96. The Morgan fingerprint density at radius 3 is 2.21 bits per heavy atom. The van der Waals surface area contributed by atoms with E-state index < -0.39 is 22.0 Å². The number of amides is 1. The summed E-state index contributed by atoms with van der Waals surface area (Å²) >= 11 is 6.09. The van der Waals surface area contributed by atoms with E-state index in [-0.39, 0.29) is 0 Å². The summed E-state index contributed by atoms with van der Waals surface area (Å²) in [6.07, 6.45) is 1.89. The van der Waals surface area contributed by atoms with Crippen molar-refractivity contribution in [2.75, 3.05) is 30.1 Å². The van der Waals surface area contributed by atoms with Gasteiger partial charge in [-0.15, -0.1) is 0 Å². The highest BCUT2D eigenvalue weighted by atomic mass is 35.5. The normalized spacial score (nSPS) is 12.2. The quantitative estimate of drug-likeness (QED) is 0.676. The molecule has 1 atom stereocenters. The molecule has 0 aliphatic heterocycles. The molecule has 0 saturated carbocycles. The van der Waals surface area contributed by atoms with E-state index in [2.05, 4.69) is 5.32 Å². The Kier molecular flexibility index (Phi) is 7.37. The summed E-state index contributed by atoms with van der Waals surface area (Å²) in [6.45, 7) is 3.52. The number of nitrogens with zero attached hydrogens (tertiary/aromatic N) is 1. The van der Waals surface area contributed by atoms with Crippen molar-refractivity contribution < 1.29 is 22.7 Å². The maximum Gasteiger partial charge on any atom is 0.248 e. The Balaban J connectivity index is 2.37. The third kappa shape index (κ3) is 5.33. The first-order valence-electron chi connectivity index (χ1n) is 8.93. The van der Waals surface area contributed by atoms with Gasteiger partial charge in [0.05, 0.1) is 36.9 Å². The van der Waals surface area contributed by atoms with Crippen molar-refractivity contribution in [3.8, 4) is 11.5 Å². The standard InChI is InChI=1S/C20H25ClN2O5S/c1-6-14-7-9-15(10-8-14)23(29(5,25)26)13(2)20(24)22-17-12-18(27-3)16(21)11-19(17)28-4/h7-13H,6H2,1-5H3,(H,22,24)/t13-/m0/s1. The highest BCUT2D eigenvalue weighted by molar-refractivity contribution is 7.92.